The van der Waals surface area contributed by atoms with Crippen LogP contribution in [0.3, 0.4) is 0 Å². The van der Waals surface area contributed by atoms with Gasteiger partial charge < -0.3 is 14.6 Å². The highest BCUT2D eigenvalue weighted by Gasteiger charge is 2.15. The molecule has 2 aromatic carbocycles. The fourth-order valence-electron chi connectivity index (χ4n) is 3.04. The number of furan rings is 1. The van der Waals surface area contributed by atoms with Crippen LogP contribution in [0.1, 0.15) is 21.7 Å². The molecule has 5 nitrogen and oxygen atoms in total. The van der Waals surface area contributed by atoms with E-state index in [1.807, 2.05) is 56.6 Å². The Morgan fingerprint density at radius 1 is 1.04 bits per heavy atom. The molecule has 2 heterocycles. The van der Waals surface area contributed by atoms with Crippen LogP contribution in [0.5, 0.6) is 0 Å². The summed E-state index contributed by atoms with van der Waals surface area (Å²) in [5, 5.41) is 3.73. The Bertz CT molecular complexity index is 1080. The number of hydrogen-bond donors (Lipinski definition) is 1. The normalized spacial score (nSPS) is 11.2. The molecule has 2 aromatic heterocycles. The standard InChI is InChI=1S/C22H21N3O2S/c1-25(2)14-16-8-4-3-7-15(16)13-23-21(26)18-11-12-19(27-18)22-24-17-9-5-6-10-20(17)28-22/h3-12H,13-14H2,1-2H3,(H,23,26). The number of amides is 1. The predicted molar refractivity (Wildman–Crippen MR) is 112 cm³/mol. The van der Waals surface area contributed by atoms with E-state index in [1.54, 1.807) is 23.5 Å². The van der Waals surface area contributed by atoms with Crippen LogP contribution in [0.2, 0.25) is 0 Å². The molecule has 0 aliphatic carbocycles. The molecule has 6 heteroatoms. The van der Waals surface area contributed by atoms with Gasteiger partial charge in [0.25, 0.3) is 5.91 Å². The van der Waals surface area contributed by atoms with Crippen LogP contribution in [-0.2, 0) is 13.1 Å². The second-order valence-electron chi connectivity index (χ2n) is 6.84. The lowest BCUT2D eigenvalue weighted by molar-refractivity contribution is 0.0924. The summed E-state index contributed by atoms with van der Waals surface area (Å²) in [6.45, 7) is 1.29. The molecule has 142 valence electrons. The van der Waals surface area contributed by atoms with Gasteiger partial charge >= 0.3 is 0 Å². The van der Waals surface area contributed by atoms with E-state index in [0.29, 0.717) is 18.1 Å². The van der Waals surface area contributed by atoms with Crippen molar-refractivity contribution in [3.8, 4) is 10.8 Å². The molecule has 1 N–H and O–H groups in total. The Balaban J connectivity index is 1.46. The minimum Gasteiger partial charge on any atom is -0.448 e. The number of nitrogens with one attached hydrogen (secondary N) is 1. The molecule has 0 radical (unpaired) electrons. The quantitative estimate of drug-likeness (QED) is 0.524. The van der Waals surface area contributed by atoms with Crippen molar-refractivity contribution in [3.05, 3.63) is 77.6 Å². The van der Waals surface area contributed by atoms with Crippen molar-refractivity contribution < 1.29 is 9.21 Å². The van der Waals surface area contributed by atoms with Crippen molar-refractivity contribution in [3.63, 3.8) is 0 Å². The third kappa shape index (κ3) is 3.98. The van der Waals surface area contributed by atoms with Gasteiger partial charge in [-0.15, -0.1) is 11.3 Å². The Hall–Kier alpha value is -2.96. The second-order valence-corrected chi connectivity index (χ2v) is 7.87. The molecule has 0 saturated heterocycles. The maximum atomic E-state index is 12.5. The average Bonchev–Trinajstić information content (AvgIpc) is 3.33. The van der Waals surface area contributed by atoms with Crippen LogP contribution in [0.15, 0.2) is 65.1 Å². The number of para-hydroxylation sites is 1. The summed E-state index contributed by atoms with van der Waals surface area (Å²) in [6, 6.07) is 19.6. The summed E-state index contributed by atoms with van der Waals surface area (Å²) in [5.41, 5.74) is 3.23. The number of nitrogens with zero attached hydrogens (tertiary/aromatic N) is 2. The number of rotatable bonds is 6. The van der Waals surface area contributed by atoms with Crippen LogP contribution < -0.4 is 5.32 Å². The van der Waals surface area contributed by atoms with Gasteiger partial charge in [0.2, 0.25) is 0 Å². The van der Waals surface area contributed by atoms with E-state index < -0.39 is 0 Å². The monoisotopic (exact) mass is 391 g/mol. The summed E-state index contributed by atoms with van der Waals surface area (Å²) in [4.78, 5) is 19.2. The fourth-order valence-corrected chi connectivity index (χ4v) is 3.97. The van der Waals surface area contributed by atoms with Gasteiger partial charge in [0.05, 0.1) is 10.2 Å². The number of carbonyl (C=O) groups excluding carboxylic acids is 1. The van der Waals surface area contributed by atoms with Crippen LogP contribution in [0, 0.1) is 0 Å². The maximum absolute atomic E-state index is 12.5. The van der Waals surface area contributed by atoms with E-state index in [9.17, 15) is 4.79 Å². The number of fused-ring (bicyclic) bond motifs is 1. The Labute approximate surface area is 167 Å². The minimum absolute atomic E-state index is 0.230. The predicted octanol–water partition coefficient (Wildman–Crippen LogP) is 4.55. The smallest absolute Gasteiger partial charge is 0.287 e. The van der Waals surface area contributed by atoms with Gasteiger partial charge in [-0.2, -0.15) is 0 Å². The SMILES string of the molecule is CN(C)Cc1ccccc1CNC(=O)c1ccc(-c2nc3ccccc3s2)o1. The molecule has 0 saturated carbocycles. The zero-order chi connectivity index (χ0) is 19.5. The molecule has 0 spiro atoms. The fraction of sp³-hybridized carbons (Fsp3) is 0.182. The van der Waals surface area contributed by atoms with Crippen molar-refractivity contribution in [1.29, 1.82) is 0 Å². The Morgan fingerprint density at radius 2 is 1.79 bits per heavy atom. The number of benzene rings is 2. The molecule has 0 aliphatic heterocycles. The number of hydrogen-bond acceptors (Lipinski definition) is 5. The van der Waals surface area contributed by atoms with Crippen molar-refractivity contribution >= 4 is 27.5 Å². The van der Waals surface area contributed by atoms with Gasteiger partial charge in [0.15, 0.2) is 16.5 Å². The zero-order valence-electron chi connectivity index (χ0n) is 15.8. The lowest BCUT2D eigenvalue weighted by atomic mass is 10.1. The molecule has 0 bridgehead atoms. The number of carbonyl (C=O) groups is 1. The first-order valence-corrected chi connectivity index (χ1v) is 9.87. The van der Waals surface area contributed by atoms with E-state index >= 15 is 0 Å². The maximum Gasteiger partial charge on any atom is 0.287 e. The van der Waals surface area contributed by atoms with E-state index in [1.165, 1.54) is 5.56 Å². The molecule has 0 fully saturated rings. The van der Waals surface area contributed by atoms with E-state index in [2.05, 4.69) is 21.3 Å². The van der Waals surface area contributed by atoms with Crippen LogP contribution in [-0.4, -0.2) is 29.9 Å². The first-order chi connectivity index (χ1) is 13.6. The molecule has 0 aliphatic rings. The molecule has 4 aromatic rings. The topological polar surface area (TPSA) is 58.4 Å². The molecular weight excluding hydrogens is 370 g/mol. The van der Waals surface area contributed by atoms with E-state index in [-0.39, 0.29) is 5.91 Å². The molecule has 0 unspecified atom stereocenters. The van der Waals surface area contributed by atoms with Crippen molar-refractivity contribution in [2.45, 2.75) is 13.1 Å². The minimum atomic E-state index is -0.230. The van der Waals surface area contributed by atoms with Crippen LogP contribution in [0.25, 0.3) is 21.0 Å². The van der Waals surface area contributed by atoms with E-state index in [4.69, 9.17) is 4.42 Å². The first-order valence-electron chi connectivity index (χ1n) is 9.05. The van der Waals surface area contributed by atoms with Crippen molar-refractivity contribution in [2.24, 2.45) is 0 Å². The summed E-state index contributed by atoms with van der Waals surface area (Å²) < 4.78 is 6.87. The summed E-state index contributed by atoms with van der Waals surface area (Å²) in [6.07, 6.45) is 0. The third-order valence-corrected chi connectivity index (χ3v) is 5.43. The number of aromatic nitrogens is 1. The Kier molecular flexibility index (Phi) is 5.23. The zero-order valence-corrected chi connectivity index (χ0v) is 16.6. The third-order valence-electron chi connectivity index (χ3n) is 4.38. The molecule has 0 atom stereocenters. The average molecular weight is 391 g/mol. The number of thiazole rings is 1. The summed E-state index contributed by atoms with van der Waals surface area (Å²) in [7, 11) is 4.06. The highest BCUT2D eigenvalue weighted by atomic mass is 32.1. The van der Waals surface area contributed by atoms with Gasteiger partial charge in [-0.3, -0.25) is 4.79 Å². The van der Waals surface area contributed by atoms with Gasteiger partial charge in [0.1, 0.15) is 0 Å². The van der Waals surface area contributed by atoms with Crippen molar-refractivity contribution in [2.75, 3.05) is 14.1 Å². The van der Waals surface area contributed by atoms with Gasteiger partial charge in [-0.1, -0.05) is 36.4 Å². The van der Waals surface area contributed by atoms with Gasteiger partial charge in [0, 0.05) is 13.1 Å². The lowest BCUT2D eigenvalue weighted by Crippen LogP contribution is -2.23. The molecule has 1 amide bonds. The molecule has 28 heavy (non-hydrogen) atoms. The van der Waals surface area contributed by atoms with Gasteiger partial charge in [-0.05, 0) is 49.5 Å². The first kappa shape index (κ1) is 18.4. The molecular formula is C22H21N3O2S. The van der Waals surface area contributed by atoms with Crippen LogP contribution >= 0.6 is 11.3 Å². The molecule has 4 rings (SSSR count). The summed E-state index contributed by atoms with van der Waals surface area (Å²) in [5.74, 6) is 0.672. The van der Waals surface area contributed by atoms with Gasteiger partial charge in [-0.25, -0.2) is 4.98 Å². The lowest BCUT2D eigenvalue weighted by Gasteiger charge is -2.14. The second kappa shape index (κ2) is 7.96. The Morgan fingerprint density at radius 3 is 2.57 bits per heavy atom. The summed E-state index contributed by atoms with van der Waals surface area (Å²) >= 11 is 1.55. The largest absolute Gasteiger partial charge is 0.448 e. The highest BCUT2D eigenvalue weighted by Crippen LogP contribution is 2.31. The van der Waals surface area contributed by atoms with E-state index in [0.717, 1.165) is 27.3 Å². The highest BCUT2D eigenvalue weighted by molar-refractivity contribution is 7.21. The van der Waals surface area contributed by atoms with Crippen LogP contribution in [0.4, 0.5) is 0 Å². The van der Waals surface area contributed by atoms with Crippen molar-refractivity contribution in [1.82, 2.24) is 15.2 Å².